The van der Waals surface area contributed by atoms with E-state index in [-0.39, 0.29) is 11.6 Å². The molecule has 3 rings (SSSR count). The summed E-state index contributed by atoms with van der Waals surface area (Å²) < 4.78 is 0. The van der Waals surface area contributed by atoms with E-state index in [0.717, 1.165) is 5.69 Å². The minimum Gasteiger partial charge on any atom is -0.324 e. The number of aryl methyl sites for hydroxylation is 1. The SMILES string of the molecule is Cc1cc(C(=O)Nc2cccc(C#N)c2)nc(Nc2cccc(Cl)c2)n1. The van der Waals surface area contributed by atoms with E-state index in [0.29, 0.717) is 27.9 Å². The maximum absolute atomic E-state index is 12.5. The van der Waals surface area contributed by atoms with Crippen LogP contribution in [0.2, 0.25) is 5.02 Å². The fourth-order valence-corrected chi connectivity index (χ4v) is 2.49. The summed E-state index contributed by atoms with van der Waals surface area (Å²) in [5.74, 6) is -0.0945. The van der Waals surface area contributed by atoms with E-state index in [2.05, 4.69) is 20.6 Å². The Labute approximate surface area is 155 Å². The van der Waals surface area contributed by atoms with Crippen molar-refractivity contribution in [2.45, 2.75) is 6.92 Å². The van der Waals surface area contributed by atoms with Crippen LogP contribution >= 0.6 is 11.6 Å². The summed E-state index contributed by atoms with van der Waals surface area (Å²) in [5.41, 5.74) is 2.56. The molecule has 0 atom stereocenters. The van der Waals surface area contributed by atoms with Gasteiger partial charge in [-0.2, -0.15) is 5.26 Å². The summed E-state index contributed by atoms with van der Waals surface area (Å²) in [7, 11) is 0. The molecule has 0 fully saturated rings. The molecule has 0 unspecified atom stereocenters. The lowest BCUT2D eigenvalue weighted by Gasteiger charge is -2.09. The Balaban J connectivity index is 1.82. The van der Waals surface area contributed by atoms with Gasteiger partial charge in [0.05, 0.1) is 11.6 Å². The van der Waals surface area contributed by atoms with Crippen molar-refractivity contribution in [1.82, 2.24) is 9.97 Å². The molecule has 0 spiro atoms. The smallest absolute Gasteiger partial charge is 0.274 e. The third-order valence-corrected chi connectivity index (χ3v) is 3.65. The van der Waals surface area contributed by atoms with Gasteiger partial charge in [0.2, 0.25) is 5.95 Å². The average molecular weight is 364 g/mol. The molecule has 2 N–H and O–H groups in total. The summed E-state index contributed by atoms with van der Waals surface area (Å²) >= 11 is 5.97. The van der Waals surface area contributed by atoms with E-state index >= 15 is 0 Å². The number of rotatable bonds is 4. The third-order valence-electron chi connectivity index (χ3n) is 3.42. The van der Waals surface area contributed by atoms with Gasteiger partial charge in [-0.3, -0.25) is 4.79 Å². The second-order valence-corrected chi connectivity index (χ2v) is 5.94. The maximum Gasteiger partial charge on any atom is 0.274 e. The number of aromatic nitrogens is 2. The van der Waals surface area contributed by atoms with E-state index in [4.69, 9.17) is 16.9 Å². The lowest BCUT2D eigenvalue weighted by Crippen LogP contribution is -2.15. The van der Waals surface area contributed by atoms with E-state index in [1.54, 1.807) is 55.5 Å². The first-order valence-corrected chi connectivity index (χ1v) is 8.11. The maximum atomic E-state index is 12.5. The van der Waals surface area contributed by atoms with Crippen LogP contribution < -0.4 is 10.6 Å². The quantitative estimate of drug-likeness (QED) is 0.720. The molecule has 0 saturated carbocycles. The van der Waals surface area contributed by atoms with Crippen molar-refractivity contribution in [3.05, 3.63) is 76.6 Å². The van der Waals surface area contributed by atoms with Crippen molar-refractivity contribution >= 4 is 34.8 Å². The number of halogens is 1. The molecule has 0 aliphatic rings. The summed E-state index contributed by atoms with van der Waals surface area (Å²) in [5, 5.41) is 15.3. The monoisotopic (exact) mass is 363 g/mol. The Bertz CT molecular complexity index is 1010. The molecule has 1 heterocycles. The zero-order valence-electron chi connectivity index (χ0n) is 13.8. The lowest BCUT2D eigenvalue weighted by molar-refractivity contribution is 0.102. The van der Waals surface area contributed by atoms with E-state index in [1.165, 1.54) is 0 Å². The molecule has 1 aromatic heterocycles. The molecule has 0 aliphatic carbocycles. The van der Waals surface area contributed by atoms with Crippen LogP contribution in [-0.4, -0.2) is 15.9 Å². The van der Waals surface area contributed by atoms with Crippen LogP contribution in [0.4, 0.5) is 17.3 Å². The number of nitrogens with one attached hydrogen (secondary N) is 2. The Hall–Kier alpha value is -3.43. The Kier molecular flexibility index (Phi) is 5.11. The first-order valence-electron chi connectivity index (χ1n) is 7.73. The van der Waals surface area contributed by atoms with Crippen LogP contribution in [0.5, 0.6) is 0 Å². The number of carbonyl (C=O) groups excluding carboxylic acids is 1. The number of nitriles is 1. The molecule has 7 heteroatoms. The Morgan fingerprint density at radius 1 is 1.08 bits per heavy atom. The van der Waals surface area contributed by atoms with Crippen LogP contribution in [0.15, 0.2) is 54.6 Å². The molecule has 26 heavy (non-hydrogen) atoms. The van der Waals surface area contributed by atoms with Gasteiger partial charge >= 0.3 is 0 Å². The molecule has 3 aromatic rings. The van der Waals surface area contributed by atoms with E-state index in [1.807, 2.05) is 12.1 Å². The van der Waals surface area contributed by atoms with Gasteiger partial charge in [0.25, 0.3) is 5.91 Å². The third kappa shape index (κ3) is 4.35. The highest BCUT2D eigenvalue weighted by Gasteiger charge is 2.12. The minimum absolute atomic E-state index is 0.212. The molecule has 0 aliphatic heterocycles. The summed E-state index contributed by atoms with van der Waals surface area (Å²) in [6.07, 6.45) is 0. The van der Waals surface area contributed by atoms with Crippen molar-refractivity contribution in [2.75, 3.05) is 10.6 Å². The van der Waals surface area contributed by atoms with Gasteiger partial charge in [0.15, 0.2) is 0 Å². The van der Waals surface area contributed by atoms with Gasteiger partial charge in [-0.25, -0.2) is 9.97 Å². The van der Waals surface area contributed by atoms with Crippen molar-refractivity contribution in [1.29, 1.82) is 5.26 Å². The van der Waals surface area contributed by atoms with Crippen LogP contribution in [0.1, 0.15) is 21.7 Å². The van der Waals surface area contributed by atoms with Crippen LogP contribution in [-0.2, 0) is 0 Å². The van der Waals surface area contributed by atoms with Gasteiger partial charge in [0.1, 0.15) is 5.69 Å². The lowest BCUT2D eigenvalue weighted by atomic mass is 10.2. The average Bonchev–Trinajstić information content (AvgIpc) is 2.61. The van der Waals surface area contributed by atoms with Crippen molar-refractivity contribution in [3.8, 4) is 6.07 Å². The molecule has 0 bridgehead atoms. The van der Waals surface area contributed by atoms with Gasteiger partial charge in [-0.1, -0.05) is 23.7 Å². The van der Waals surface area contributed by atoms with Gasteiger partial charge in [-0.15, -0.1) is 0 Å². The number of benzene rings is 2. The predicted octanol–water partition coefficient (Wildman–Crippen LogP) is 4.31. The summed E-state index contributed by atoms with van der Waals surface area (Å²) in [4.78, 5) is 21.0. The molecule has 128 valence electrons. The molecule has 0 saturated heterocycles. The van der Waals surface area contributed by atoms with Gasteiger partial charge < -0.3 is 10.6 Å². The molecular formula is C19H14ClN5O. The van der Waals surface area contributed by atoms with Crippen molar-refractivity contribution < 1.29 is 4.79 Å². The molecular weight excluding hydrogens is 350 g/mol. The van der Waals surface area contributed by atoms with Crippen molar-refractivity contribution in [3.63, 3.8) is 0 Å². The first-order chi connectivity index (χ1) is 12.5. The number of carbonyl (C=O) groups is 1. The Morgan fingerprint density at radius 2 is 1.85 bits per heavy atom. The molecule has 6 nitrogen and oxygen atoms in total. The normalized spacial score (nSPS) is 10.0. The number of hydrogen-bond donors (Lipinski definition) is 2. The standard InChI is InChI=1S/C19H14ClN5O/c1-12-8-17(18(26)23-15-6-2-4-13(9-15)11-21)25-19(22-12)24-16-7-3-5-14(20)10-16/h2-10H,1H3,(H,23,26)(H,22,24,25). The fourth-order valence-electron chi connectivity index (χ4n) is 2.30. The summed E-state index contributed by atoms with van der Waals surface area (Å²) in [6, 6.07) is 17.4. The minimum atomic E-state index is -0.389. The van der Waals surface area contributed by atoms with Crippen LogP contribution in [0, 0.1) is 18.3 Å². The summed E-state index contributed by atoms with van der Waals surface area (Å²) in [6.45, 7) is 1.78. The van der Waals surface area contributed by atoms with Gasteiger partial charge in [-0.05, 0) is 49.4 Å². The van der Waals surface area contributed by atoms with E-state index < -0.39 is 0 Å². The highest BCUT2D eigenvalue weighted by molar-refractivity contribution is 6.30. The number of hydrogen-bond acceptors (Lipinski definition) is 5. The van der Waals surface area contributed by atoms with Gasteiger partial charge in [0, 0.05) is 22.1 Å². The van der Waals surface area contributed by atoms with Crippen LogP contribution in [0.3, 0.4) is 0 Å². The second-order valence-electron chi connectivity index (χ2n) is 5.50. The predicted molar refractivity (Wildman–Crippen MR) is 101 cm³/mol. The highest BCUT2D eigenvalue weighted by Crippen LogP contribution is 2.19. The molecule has 1 amide bonds. The van der Waals surface area contributed by atoms with Crippen molar-refractivity contribution in [2.24, 2.45) is 0 Å². The highest BCUT2D eigenvalue weighted by atomic mass is 35.5. The van der Waals surface area contributed by atoms with Crippen LogP contribution in [0.25, 0.3) is 0 Å². The number of anilines is 3. The molecule has 2 aromatic carbocycles. The topological polar surface area (TPSA) is 90.7 Å². The van der Waals surface area contributed by atoms with E-state index in [9.17, 15) is 4.79 Å². The zero-order valence-corrected chi connectivity index (χ0v) is 14.6. The Morgan fingerprint density at radius 3 is 2.62 bits per heavy atom. The first kappa shape index (κ1) is 17.4. The molecule has 0 radical (unpaired) electrons. The number of amides is 1. The second kappa shape index (κ2) is 7.64. The fraction of sp³-hybridized carbons (Fsp3) is 0.0526. The largest absolute Gasteiger partial charge is 0.324 e. The zero-order chi connectivity index (χ0) is 18.5. The number of nitrogens with zero attached hydrogens (tertiary/aromatic N) is 3.